The van der Waals surface area contributed by atoms with E-state index < -0.39 is 0 Å². The van der Waals surface area contributed by atoms with Crippen molar-refractivity contribution in [3.05, 3.63) is 47.5 Å². The quantitative estimate of drug-likeness (QED) is 0.439. The summed E-state index contributed by atoms with van der Waals surface area (Å²) in [6.07, 6.45) is 9.17. The van der Waals surface area contributed by atoms with Crippen molar-refractivity contribution in [1.82, 2.24) is 5.32 Å². The lowest BCUT2D eigenvalue weighted by Crippen LogP contribution is -2.22. The van der Waals surface area contributed by atoms with Crippen LogP contribution in [0.2, 0.25) is 5.02 Å². The predicted molar refractivity (Wildman–Crippen MR) is 85.8 cm³/mol. The number of benzene rings is 1. The van der Waals surface area contributed by atoms with Gasteiger partial charge in [0.25, 0.3) is 0 Å². The number of rotatable bonds is 10. The van der Waals surface area contributed by atoms with Crippen molar-refractivity contribution in [1.29, 1.82) is 0 Å². The molecule has 0 saturated heterocycles. The molecule has 0 heterocycles. The van der Waals surface area contributed by atoms with Crippen molar-refractivity contribution in [3.63, 3.8) is 0 Å². The van der Waals surface area contributed by atoms with Crippen LogP contribution in [0, 0.1) is 0 Å². The molecule has 0 aliphatic carbocycles. The smallest absolute Gasteiger partial charge is 0.0453 e. The first-order valence-electron chi connectivity index (χ1n) is 7.38. The van der Waals surface area contributed by atoms with Gasteiger partial charge in [-0.25, -0.2) is 0 Å². The molecule has 0 aliphatic rings. The SMILES string of the molecule is C=CCCCCCC(NCCC)c1ccccc1Cl. The van der Waals surface area contributed by atoms with E-state index in [1.807, 2.05) is 18.2 Å². The maximum Gasteiger partial charge on any atom is 0.0453 e. The highest BCUT2D eigenvalue weighted by Crippen LogP contribution is 2.26. The highest BCUT2D eigenvalue weighted by molar-refractivity contribution is 6.31. The first kappa shape index (κ1) is 16.3. The Bertz CT molecular complexity index is 362. The van der Waals surface area contributed by atoms with Crippen molar-refractivity contribution in [2.75, 3.05) is 6.54 Å². The molecule has 19 heavy (non-hydrogen) atoms. The molecule has 106 valence electrons. The lowest BCUT2D eigenvalue weighted by Gasteiger charge is -2.20. The van der Waals surface area contributed by atoms with Crippen molar-refractivity contribution < 1.29 is 0 Å². The largest absolute Gasteiger partial charge is 0.310 e. The predicted octanol–water partition coefficient (Wildman–Crippen LogP) is 5.52. The molecule has 1 aromatic carbocycles. The van der Waals surface area contributed by atoms with E-state index in [1.54, 1.807) is 0 Å². The topological polar surface area (TPSA) is 12.0 Å². The fourth-order valence-corrected chi connectivity index (χ4v) is 2.53. The molecule has 1 aromatic rings. The van der Waals surface area contributed by atoms with Crippen LogP contribution in [0.25, 0.3) is 0 Å². The first-order chi connectivity index (χ1) is 9.29. The lowest BCUT2D eigenvalue weighted by molar-refractivity contribution is 0.472. The molecule has 0 aliphatic heterocycles. The monoisotopic (exact) mass is 279 g/mol. The van der Waals surface area contributed by atoms with Crippen molar-refractivity contribution in [2.24, 2.45) is 0 Å². The second-order valence-corrected chi connectivity index (χ2v) is 5.36. The number of allylic oxidation sites excluding steroid dienone is 1. The Morgan fingerprint density at radius 1 is 1.26 bits per heavy atom. The molecule has 1 unspecified atom stereocenters. The van der Waals surface area contributed by atoms with E-state index in [1.165, 1.54) is 24.8 Å². The van der Waals surface area contributed by atoms with Gasteiger partial charge in [0.05, 0.1) is 0 Å². The van der Waals surface area contributed by atoms with Crippen molar-refractivity contribution in [2.45, 2.75) is 51.5 Å². The molecule has 1 nitrogen and oxygen atoms in total. The molecule has 0 spiro atoms. The minimum Gasteiger partial charge on any atom is -0.310 e. The third-order valence-corrected chi connectivity index (χ3v) is 3.67. The Balaban J connectivity index is 2.52. The molecule has 1 atom stereocenters. The zero-order valence-corrected chi connectivity index (χ0v) is 12.8. The van der Waals surface area contributed by atoms with Gasteiger partial charge < -0.3 is 5.32 Å². The van der Waals surface area contributed by atoms with Crippen LogP contribution in [0.3, 0.4) is 0 Å². The summed E-state index contributed by atoms with van der Waals surface area (Å²) >= 11 is 6.31. The van der Waals surface area contributed by atoms with E-state index in [2.05, 4.69) is 31.0 Å². The number of nitrogens with one attached hydrogen (secondary N) is 1. The summed E-state index contributed by atoms with van der Waals surface area (Å²) in [6.45, 7) is 7.00. The molecule has 0 aromatic heterocycles. The van der Waals surface area contributed by atoms with Gasteiger partial charge >= 0.3 is 0 Å². The molecule has 0 bridgehead atoms. The third-order valence-electron chi connectivity index (χ3n) is 3.32. The second kappa shape index (κ2) is 10.1. The minimum absolute atomic E-state index is 0.386. The third kappa shape index (κ3) is 6.26. The molecule has 0 saturated carbocycles. The number of hydrogen-bond acceptors (Lipinski definition) is 1. The lowest BCUT2D eigenvalue weighted by atomic mass is 9.99. The van der Waals surface area contributed by atoms with Crippen LogP contribution in [0.4, 0.5) is 0 Å². The van der Waals surface area contributed by atoms with E-state index in [0.29, 0.717) is 6.04 Å². The van der Waals surface area contributed by atoms with Crippen LogP contribution >= 0.6 is 11.6 Å². The van der Waals surface area contributed by atoms with E-state index in [9.17, 15) is 0 Å². The first-order valence-corrected chi connectivity index (χ1v) is 7.76. The van der Waals surface area contributed by atoms with E-state index in [4.69, 9.17) is 11.6 Å². The fourth-order valence-electron chi connectivity index (χ4n) is 2.26. The van der Waals surface area contributed by atoms with Gasteiger partial charge in [-0.2, -0.15) is 0 Å². The van der Waals surface area contributed by atoms with Crippen molar-refractivity contribution >= 4 is 11.6 Å². The summed E-state index contributed by atoms with van der Waals surface area (Å²) in [6, 6.07) is 8.57. The molecule has 1 rings (SSSR count). The Labute approximate surface area is 123 Å². The Kier molecular flexibility index (Phi) is 8.61. The maximum absolute atomic E-state index is 6.31. The minimum atomic E-state index is 0.386. The zero-order valence-electron chi connectivity index (χ0n) is 12.0. The van der Waals surface area contributed by atoms with Gasteiger partial charge in [-0.1, -0.05) is 55.6 Å². The molecular formula is C17H26ClN. The molecule has 0 radical (unpaired) electrons. The van der Waals surface area contributed by atoms with Crippen molar-refractivity contribution in [3.8, 4) is 0 Å². The average Bonchev–Trinajstić information content (AvgIpc) is 2.43. The standard InChI is InChI=1S/C17H26ClN/c1-3-5-6-7-8-13-17(19-14-4-2)15-11-9-10-12-16(15)18/h3,9-12,17,19H,1,4-8,13-14H2,2H3. The summed E-state index contributed by atoms with van der Waals surface area (Å²) in [5.41, 5.74) is 1.24. The van der Waals surface area contributed by atoms with Crippen LogP contribution in [0.5, 0.6) is 0 Å². The van der Waals surface area contributed by atoms with Crippen LogP contribution in [-0.4, -0.2) is 6.54 Å². The van der Waals surface area contributed by atoms with Gasteiger partial charge in [0, 0.05) is 11.1 Å². The Morgan fingerprint density at radius 2 is 2.05 bits per heavy atom. The van der Waals surface area contributed by atoms with Crippen LogP contribution in [0.15, 0.2) is 36.9 Å². The van der Waals surface area contributed by atoms with Gasteiger partial charge in [-0.15, -0.1) is 6.58 Å². The summed E-state index contributed by atoms with van der Waals surface area (Å²) in [7, 11) is 0. The summed E-state index contributed by atoms with van der Waals surface area (Å²) in [5.74, 6) is 0. The zero-order chi connectivity index (χ0) is 13.9. The van der Waals surface area contributed by atoms with E-state index in [-0.39, 0.29) is 0 Å². The molecule has 1 N–H and O–H groups in total. The van der Waals surface area contributed by atoms with Gasteiger partial charge in [-0.05, 0) is 43.9 Å². The van der Waals surface area contributed by atoms with E-state index in [0.717, 1.165) is 30.8 Å². The van der Waals surface area contributed by atoms with E-state index >= 15 is 0 Å². The molecule has 2 heteroatoms. The summed E-state index contributed by atoms with van der Waals surface area (Å²) in [4.78, 5) is 0. The molecule has 0 fully saturated rings. The summed E-state index contributed by atoms with van der Waals surface area (Å²) in [5, 5.41) is 4.49. The van der Waals surface area contributed by atoms with Gasteiger partial charge in [0.2, 0.25) is 0 Å². The Morgan fingerprint density at radius 3 is 2.74 bits per heavy atom. The highest BCUT2D eigenvalue weighted by Gasteiger charge is 2.12. The Hall–Kier alpha value is -0.790. The van der Waals surface area contributed by atoms with Crippen LogP contribution < -0.4 is 5.32 Å². The second-order valence-electron chi connectivity index (χ2n) is 4.95. The fraction of sp³-hybridized carbons (Fsp3) is 0.529. The summed E-state index contributed by atoms with van der Waals surface area (Å²) < 4.78 is 0. The van der Waals surface area contributed by atoms with Crippen LogP contribution in [0.1, 0.15) is 57.1 Å². The van der Waals surface area contributed by atoms with Gasteiger partial charge in [0.1, 0.15) is 0 Å². The van der Waals surface area contributed by atoms with Crippen LogP contribution in [-0.2, 0) is 0 Å². The number of unbranched alkanes of at least 4 members (excludes halogenated alkanes) is 3. The highest BCUT2D eigenvalue weighted by atomic mass is 35.5. The number of halogens is 1. The normalized spacial score (nSPS) is 12.3. The molecular weight excluding hydrogens is 254 g/mol. The van der Waals surface area contributed by atoms with Gasteiger partial charge in [-0.3, -0.25) is 0 Å². The molecule has 0 amide bonds. The maximum atomic E-state index is 6.31. The number of hydrogen-bond donors (Lipinski definition) is 1. The average molecular weight is 280 g/mol. The van der Waals surface area contributed by atoms with Gasteiger partial charge in [0.15, 0.2) is 0 Å².